The van der Waals surface area contributed by atoms with Crippen LogP contribution in [0.2, 0.25) is 0 Å². The van der Waals surface area contributed by atoms with E-state index >= 15 is 0 Å². The van der Waals surface area contributed by atoms with Crippen molar-refractivity contribution in [3.8, 4) is 0 Å². The highest BCUT2D eigenvalue weighted by atomic mass is 19.1. The van der Waals surface area contributed by atoms with Crippen LogP contribution in [-0.2, 0) is 28.6 Å². The maximum atomic E-state index is 14.8. The zero-order valence-corrected chi connectivity index (χ0v) is 30.5. The average molecular weight is 682 g/mol. The minimum Gasteiger partial charge on any atom is -0.481 e. The normalized spacial score (nSPS) is 42.6. The number of carbonyl (C=O) groups is 3. The van der Waals surface area contributed by atoms with Crippen LogP contribution in [0.15, 0.2) is 35.9 Å². The molecule has 8 nitrogen and oxygen atoms in total. The molecule has 5 aliphatic rings. The molecule has 49 heavy (non-hydrogen) atoms. The van der Waals surface area contributed by atoms with Gasteiger partial charge < -0.3 is 25.1 Å². The third kappa shape index (κ3) is 5.18. The fourth-order valence-corrected chi connectivity index (χ4v) is 12.0. The lowest BCUT2D eigenvalue weighted by atomic mass is 9.34. The molecule has 1 aromatic rings. The Morgan fingerprint density at radius 1 is 1.06 bits per heavy atom. The zero-order valence-electron chi connectivity index (χ0n) is 30.5. The van der Waals surface area contributed by atoms with Crippen molar-refractivity contribution in [2.45, 2.75) is 106 Å². The van der Waals surface area contributed by atoms with Crippen molar-refractivity contribution in [3.05, 3.63) is 47.3 Å². The van der Waals surface area contributed by atoms with E-state index < -0.39 is 63.2 Å². The lowest BCUT2D eigenvalue weighted by Gasteiger charge is -2.70. The van der Waals surface area contributed by atoms with E-state index in [2.05, 4.69) is 41.5 Å². The topological polar surface area (TPSA) is 125 Å². The number of hydrogen-bond donors (Lipinski definition) is 2. The van der Waals surface area contributed by atoms with Crippen LogP contribution in [0.1, 0.15) is 99.1 Å². The van der Waals surface area contributed by atoms with E-state index in [1.807, 2.05) is 13.0 Å². The molecule has 3 N–H and O–H groups in total. The minimum absolute atomic E-state index is 0.0134. The van der Waals surface area contributed by atoms with Crippen molar-refractivity contribution in [1.82, 2.24) is 0 Å². The molecule has 0 spiro atoms. The molecule has 0 amide bonds. The van der Waals surface area contributed by atoms with Crippen LogP contribution in [0.25, 0.3) is 0 Å². The van der Waals surface area contributed by atoms with Crippen LogP contribution in [0.4, 0.5) is 4.39 Å². The number of carboxylic acids is 1. The molecule has 6 rings (SSSR count). The maximum absolute atomic E-state index is 14.8. The second-order valence-electron chi connectivity index (χ2n) is 17.5. The molecule has 12 atom stereocenters. The third-order valence-electron chi connectivity index (χ3n) is 15.0. The predicted molar refractivity (Wildman–Crippen MR) is 183 cm³/mol. The zero-order chi connectivity index (χ0) is 35.9. The first-order valence-electron chi connectivity index (χ1n) is 18.2. The maximum Gasteiger partial charge on any atom is 0.308 e. The van der Waals surface area contributed by atoms with Gasteiger partial charge in [-0.1, -0.05) is 66.2 Å². The molecule has 4 fully saturated rings. The fourth-order valence-electron chi connectivity index (χ4n) is 12.0. The quantitative estimate of drug-likeness (QED) is 0.284. The van der Waals surface area contributed by atoms with Crippen LogP contribution < -0.4 is 5.73 Å². The summed E-state index contributed by atoms with van der Waals surface area (Å²) in [6, 6.07) is 5.54. The van der Waals surface area contributed by atoms with E-state index in [1.165, 1.54) is 19.1 Å². The third-order valence-corrected chi connectivity index (χ3v) is 15.0. The van der Waals surface area contributed by atoms with E-state index in [0.717, 1.165) is 36.8 Å². The molecule has 0 aromatic heterocycles. The van der Waals surface area contributed by atoms with Crippen LogP contribution in [0.5, 0.6) is 0 Å². The van der Waals surface area contributed by atoms with Crippen molar-refractivity contribution < 1.29 is 38.1 Å². The van der Waals surface area contributed by atoms with Gasteiger partial charge in [0.1, 0.15) is 18.0 Å². The molecule has 3 unspecified atom stereocenters. The van der Waals surface area contributed by atoms with Gasteiger partial charge in [0, 0.05) is 23.2 Å². The Hall–Kier alpha value is -2.62. The summed E-state index contributed by atoms with van der Waals surface area (Å²) >= 11 is 0. The van der Waals surface area contributed by atoms with Gasteiger partial charge in [-0.25, -0.2) is 4.39 Å². The number of fused-ring (bicyclic) bond motifs is 3. The van der Waals surface area contributed by atoms with Gasteiger partial charge in [-0.05, 0) is 90.4 Å². The van der Waals surface area contributed by atoms with Gasteiger partial charge in [0.15, 0.2) is 5.78 Å². The van der Waals surface area contributed by atoms with Crippen molar-refractivity contribution in [1.29, 1.82) is 0 Å². The monoisotopic (exact) mass is 681 g/mol. The average Bonchev–Trinajstić information content (AvgIpc) is 3.01. The van der Waals surface area contributed by atoms with E-state index in [0.29, 0.717) is 19.6 Å². The fraction of sp³-hybridized carbons (Fsp3) is 0.725. The summed E-state index contributed by atoms with van der Waals surface area (Å²) in [5.74, 6) is -2.11. The molecule has 3 saturated carbocycles. The van der Waals surface area contributed by atoms with Gasteiger partial charge >= 0.3 is 11.9 Å². The number of rotatable bonds is 8. The Kier molecular flexibility index (Phi) is 9.05. The first-order chi connectivity index (χ1) is 22.9. The number of benzene rings is 1. The standard InChI is InChI=1S/C40H56FNO7/c1-22(2)23(3)36(5)15-16-38(7)27-13-14-31-37(6)20-47-21-40(31,28(27)17-32(44)39(38,8)33(36)35(45)46)18-30(49-24(4)43)34(37)48-19-29(42)25-9-11-26(41)12-10-25/h9-12,17,22-23,27,29-31,33-34H,13-16,18-21,42H2,1-8H3,(H,45,46)/t23-,27+,29?,30-,31+,33-,34?,36-,37?,38-,39+,40+/m1/s1. The van der Waals surface area contributed by atoms with Gasteiger partial charge in [-0.2, -0.15) is 0 Å². The van der Waals surface area contributed by atoms with E-state index in [-0.39, 0.29) is 41.9 Å². The Morgan fingerprint density at radius 2 is 1.73 bits per heavy atom. The molecule has 9 heteroatoms. The first kappa shape index (κ1) is 36.2. The summed E-state index contributed by atoms with van der Waals surface area (Å²) in [4.78, 5) is 40.8. The lowest BCUT2D eigenvalue weighted by molar-refractivity contribution is -0.266. The van der Waals surface area contributed by atoms with Crippen molar-refractivity contribution in [2.24, 2.45) is 62.4 Å². The van der Waals surface area contributed by atoms with Gasteiger partial charge in [0.2, 0.25) is 0 Å². The second kappa shape index (κ2) is 12.3. The number of nitrogens with two attached hydrogens (primary N) is 1. The van der Waals surface area contributed by atoms with Gasteiger partial charge in [0.25, 0.3) is 0 Å². The number of ketones is 1. The van der Waals surface area contributed by atoms with Crippen LogP contribution in [0.3, 0.4) is 0 Å². The highest BCUT2D eigenvalue weighted by Crippen LogP contribution is 2.74. The number of allylic oxidation sites excluding steroid dienone is 1. The molecule has 270 valence electrons. The summed E-state index contributed by atoms with van der Waals surface area (Å²) in [7, 11) is 0. The van der Waals surface area contributed by atoms with Crippen molar-refractivity contribution in [3.63, 3.8) is 0 Å². The van der Waals surface area contributed by atoms with Gasteiger partial charge in [-0.15, -0.1) is 0 Å². The summed E-state index contributed by atoms with van der Waals surface area (Å²) in [6.07, 6.45) is 4.31. The highest BCUT2D eigenvalue weighted by Gasteiger charge is 2.74. The lowest BCUT2D eigenvalue weighted by Crippen LogP contribution is -2.71. The van der Waals surface area contributed by atoms with E-state index in [1.54, 1.807) is 12.1 Å². The predicted octanol–water partition coefficient (Wildman–Crippen LogP) is 6.91. The Balaban J connectivity index is 1.40. The minimum atomic E-state index is -1.09. The Labute approximate surface area is 290 Å². The molecule has 1 aromatic carbocycles. The molecule has 0 radical (unpaired) electrons. The Morgan fingerprint density at radius 3 is 2.35 bits per heavy atom. The molecule has 2 bridgehead atoms. The van der Waals surface area contributed by atoms with Gasteiger partial charge in [-0.3, -0.25) is 14.4 Å². The van der Waals surface area contributed by atoms with E-state index in [4.69, 9.17) is 19.9 Å². The largest absolute Gasteiger partial charge is 0.481 e. The number of ether oxygens (including phenoxy) is 3. The van der Waals surface area contributed by atoms with Crippen molar-refractivity contribution >= 4 is 17.7 Å². The molecular formula is C40H56FNO7. The van der Waals surface area contributed by atoms with Crippen molar-refractivity contribution in [2.75, 3.05) is 19.8 Å². The van der Waals surface area contributed by atoms with Gasteiger partial charge in [0.05, 0.1) is 31.8 Å². The summed E-state index contributed by atoms with van der Waals surface area (Å²) in [5, 5.41) is 10.9. The Bertz CT molecular complexity index is 1530. The second-order valence-corrected chi connectivity index (χ2v) is 17.5. The molecule has 1 aliphatic heterocycles. The highest BCUT2D eigenvalue weighted by molar-refractivity contribution is 6.00. The number of hydrogen-bond acceptors (Lipinski definition) is 7. The molecule has 4 aliphatic carbocycles. The summed E-state index contributed by atoms with van der Waals surface area (Å²) in [5.41, 5.74) is 4.97. The number of halogens is 1. The first-order valence-corrected chi connectivity index (χ1v) is 18.2. The summed E-state index contributed by atoms with van der Waals surface area (Å²) in [6.45, 7) is 17.1. The molecule has 1 heterocycles. The number of esters is 1. The summed E-state index contributed by atoms with van der Waals surface area (Å²) < 4.78 is 32.8. The number of carbonyl (C=O) groups excluding carboxylic acids is 2. The van der Waals surface area contributed by atoms with Crippen LogP contribution in [0, 0.1) is 62.5 Å². The number of aliphatic carboxylic acids is 1. The molecular weight excluding hydrogens is 625 g/mol. The smallest absolute Gasteiger partial charge is 0.308 e. The molecule has 1 saturated heterocycles. The number of carboxylic acid groups (broad SMARTS) is 1. The van der Waals surface area contributed by atoms with Crippen LogP contribution in [-0.4, -0.2) is 54.9 Å². The van der Waals surface area contributed by atoms with E-state index in [9.17, 15) is 23.9 Å². The SMILES string of the molecule is CC(=O)O[C@@H]1C[C@@]23COCC(C)(C1OCC(N)c1ccc(F)cc1)[C@@H]2CC[C@H]1C3=CC(=O)[C@@]2(C)[C@H](C(=O)O)[C@@](C)([C@H](C)C(C)C)CC[C@]12C. The van der Waals surface area contributed by atoms with Crippen LogP contribution >= 0.6 is 0 Å².